The van der Waals surface area contributed by atoms with E-state index < -0.39 is 10.0 Å². The van der Waals surface area contributed by atoms with Crippen molar-refractivity contribution in [2.24, 2.45) is 5.84 Å². The van der Waals surface area contributed by atoms with Crippen molar-refractivity contribution in [2.45, 2.75) is 12.8 Å². The highest BCUT2D eigenvalue weighted by atomic mass is 32.2. The summed E-state index contributed by atoms with van der Waals surface area (Å²) in [6.07, 6.45) is 3.33. The van der Waals surface area contributed by atoms with Crippen LogP contribution < -0.4 is 26.2 Å². The third-order valence-corrected chi connectivity index (χ3v) is 3.64. The largest absolute Gasteiger partial charge is 0.353 e. The lowest BCUT2D eigenvalue weighted by Crippen LogP contribution is -2.28. The summed E-state index contributed by atoms with van der Waals surface area (Å²) in [7, 11) is -3.20. The minimum atomic E-state index is -3.20. The molecule has 0 aromatic carbocycles. The summed E-state index contributed by atoms with van der Waals surface area (Å²) in [5.41, 5.74) is 2.41. The first-order valence-corrected chi connectivity index (χ1v) is 8.53. The van der Waals surface area contributed by atoms with Crippen LogP contribution in [0, 0.1) is 0 Å². The second kappa shape index (κ2) is 6.83. The third-order valence-electron chi connectivity index (χ3n) is 2.91. The summed E-state index contributed by atoms with van der Waals surface area (Å²) in [4.78, 5) is 14.7. The molecule has 1 aliphatic heterocycles. The molecule has 1 aromatic rings. The van der Waals surface area contributed by atoms with E-state index in [9.17, 15) is 8.42 Å². The zero-order valence-electron chi connectivity index (χ0n) is 11.8. The number of hydrogen-bond donors (Lipinski definition) is 4. The number of nitrogens with zero attached hydrogens (tertiary/aromatic N) is 4. The van der Waals surface area contributed by atoms with Crippen LogP contribution in [-0.4, -0.2) is 55.8 Å². The van der Waals surface area contributed by atoms with Gasteiger partial charge in [-0.3, -0.25) is 5.43 Å². The van der Waals surface area contributed by atoms with Crippen molar-refractivity contribution in [3.63, 3.8) is 0 Å². The van der Waals surface area contributed by atoms with E-state index in [1.807, 2.05) is 0 Å². The topological polar surface area (TPSA) is 138 Å². The van der Waals surface area contributed by atoms with E-state index in [-0.39, 0.29) is 12.5 Å². The summed E-state index contributed by atoms with van der Waals surface area (Å²) in [6.45, 7) is 2.42. The second-order valence-corrected chi connectivity index (χ2v) is 6.55. The maximum Gasteiger partial charge on any atom is 0.243 e. The molecule has 1 aromatic heterocycles. The maximum absolute atomic E-state index is 11.0. The van der Waals surface area contributed by atoms with Crippen molar-refractivity contribution in [3.8, 4) is 0 Å². The van der Waals surface area contributed by atoms with Crippen LogP contribution in [0.4, 0.5) is 17.8 Å². The van der Waals surface area contributed by atoms with Gasteiger partial charge < -0.3 is 10.2 Å². The molecule has 2 heterocycles. The number of nitrogen functional groups attached to an aromatic ring is 1. The molecule has 1 aliphatic rings. The van der Waals surface area contributed by atoms with E-state index in [2.05, 4.69) is 35.3 Å². The molecule has 10 nitrogen and oxygen atoms in total. The van der Waals surface area contributed by atoms with Crippen LogP contribution >= 0.6 is 0 Å². The Labute approximate surface area is 123 Å². The Morgan fingerprint density at radius 2 is 1.81 bits per heavy atom. The Bertz CT molecular complexity index is 572. The Morgan fingerprint density at radius 1 is 1.14 bits per heavy atom. The molecular formula is C10H20N8O2S. The van der Waals surface area contributed by atoms with Gasteiger partial charge in [0, 0.05) is 26.2 Å². The fraction of sp³-hybridized carbons (Fsp3) is 0.700. The Morgan fingerprint density at radius 3 is 2.43 bits per heavy atom. The molecule has 11 heteroatoms. The summed E-state index contributed by atoms with van der Waals surface area (Å²) < 4.78 is 24.3. The molecule has 0 spiro atoms. The Kier molecular flexibility index (Phi) is 5.09. The minimum Gasteiger partial charge on any atom is -0.353 e. The first kappa shape index (κ1) is 15.7. The van der Waals surface area contributed by atoms with Gasteiger partial charge in [0.2, 0.25) is 27.9 Å². The second-order valence-electron chi connectivity index (χ2n) is 4.71. The van der Waals surface area contributed by atoms with E-state index >= 15 is 0 Å². The molecule has 0 atom stereocenters. The van der Waals surface area contributed by atoms with Crippen LogP contribution in [0.1, 0.15) is 12.8 Å². The molecule has 21 heavy (non-hydrogen) atoms. The molecule has 0 bridgehead atoms. The van der Waals surface area contributed by atoms with E-state index in [4.69, 9.17) is 5.84 Å². The Balaban J connectivity index is 1.99. The van der Waals surface area contributed by atoms with Crippen LogP contribution in [0.25, 0.3) is 0 Å². The number of hydrazine groups is 1. The molecule has 118 valence electrons. The molecule has 0 radical (unpaired) electrons. The zero-order chi connectivity index (χ0) is 15.3. The molecule has 1 saturated heterocycles. The highest BCUT2D eigenvalue weighted by Crippen LogP contribution is 2.18. The van der Waals surface area contributed by atoms with Crippen LogP contribution in [0.5, 0.6) is 0 Å². The molecule has 0 saturated carbocycles. The number of aromatic nitrogens is 3. The van der Waals surface area contributed by atoms with Gasteiger partial charge in [-0.2, -0.15) is 15.0 Å². The van der Waals surface area contributed by atoms with Crippen LogP contribution in [0.3, 0.4) is 0 Å². The monoisotopic (exact) mass is 316 g/mol. The van der Waals surface area contributed by atoms with Gasteiger partial charge in [-0.25, -0.2) is 19.0 Å². The van der Waals surface area contributed by atoms with Gasteiger partial charge in [0.05, 0.1) is 6.26 Å². The fourth-order valence-electron chi connectivity index (χ4n) is 1.98. The smallest absolute Gasteiger partial charge is 0.243 e. The van der Waals surface area contributed by atoms with Gasteiger partial charge in [-0.05, 0) is 12.8 Å². The van der Waals surface area contributed by atoms with Crippen molar-refractivity contribution >= 4 is 27.9 Å². The normalized spacial score (nSPS) is 15.2. The van der Waals surface area contributed by atoms with E-state index in [1.54, 1.807) is 0 Å². The molecule has 0 amide bonds. The van der Waals surface area contributed by atoms with Gasteiger partial charge in [0.15, 0.2) is 0 Å². The number of anilines is 3. The minimum absolute atomic E-state index is 0.245. The number of hydrogen-bond acceptors (Lipinski definition) is 9. The van der Waals surface area contributed by atoms with E-state index in [1.165, 1.54) is 0 Å². The predicted octanol–water partition coefficient (Wildman–Crippen LogP) is -1.28. The molecule has 1 fully saturated rings. The molecular weight excluding hydrogens is 296 g/mol. The number of sulfonamides is 1. The molecule has 0 aliphatic carbocycles. The zero-order valence-corrected chi connectivity index (χ0v) is 12.7. The SMILES string of the molecule is CS(=O)(=O)NCCNc1nc(NN)nc(N2CCCC2)n1. The number of nitrogens with one attached hydrogen (secondary N) is 3. The number of nitrogens with two attached hydrogens (primary N) is 1. The number of rotatable bonds is 7. The highest BCUT2D eigenvalue weighted by molar-refractivity contribution is 7.88. The van der Waals surface area contributed by atoms with Crippen molar-refractivity contribution < 1.29 is 8.42 Å². The highest BCUT2D eigenvalue weighted by Gasteiger charge is 2.17. The van der Waals surface area contributed by atoms with Crippen LogP contribution in [0.15, 0.2) is 0 Å². The first-order chi connectivity index (χ1) is 9.98. The lowest BCUT2D eigenvalue weighted by atomic mass is 10.4. The lowest BCUT2D eigenvalue weighted by Gasteiger charge is -2.16. The summed E-state index contributed by atoms with van der Waals surface area (Å²) in [6, 6.07) is 0. The quantitative estimate of drug-likeness (QED) is 0.275. The average Bonchev–Trinajstić information content (AvgIpc) is 2.96. The van der Waals surface area contributed by atoms with Gasteiger partial charge in [-0.1, -0.05) is 0 Å². The average molecular weight is 316 g/mol. The fourth-order valence-corrected chi connectivity index (χ4v) is 2.45. The van der Waals surface area contributed by atoms with Crippen LogP contribution in [0.2, 0.25) is 0 Å². The lowest BCUT2D eigenvalue weighted by molar-refractivity contribution is 0.589. The predicted molar refractivity (Wildman–Crippen MR) is 80.4 cm³/mol. The summed E-state index contributed by atoms with van der Waals surface area (Å²) in [5, 5.41) is 2.94. The van der Waals surface area contributed by atoms with Gasteiger partial charge in [-0.15, -0.1) is 0 Å². The van der Waals surface area contributed by atoms with Gasteiger partial charge >= 0.3 is 0 Å². The van der Waals surface area contributed by atoms with Crippen LogP contribution in [-0.2, 0) is 10.0 Å². The van der Waals surface area contributed by atoms with Gasteiger partial charge in [0.25, 0.3) is 0 Å². The summed E-state index contributed by atoms with van der Waals surface area (Å²) >= 11 is 0. The standard InChI is InChI=1S/C10H20N8O2S/c1-21(19,20)13-5-4-12-8-14-9(17-11)16-10(15-8)18-6-2-3-7-18/h13H,2-7,11H2,1H3,(H2,12,14,15,16,17). The molecule has 2 rings (SSSR count). The van der Waals surface area contributed by atoms with Crippen molar-refractivity contribution in [1.82, 2.24) is 19.7 Å². The molecule has 0 unspecified atom stereocenters. The first-order valence-electron chi connectivity index (χ1n) is 6.64. The van der Waals surface area contributed by atoms with Crippen molar-refractivity contribution in [3.05, 3.63) is 0 Å². The van der Waals surface area contributed by atoms with E-state index in [0.29, 0.717) is 18.4 Å². The van der Waals surface area contributed by atoms with Gasteiger partial charge in [0.1, 0.15) is 0 Å². The van der Waals surface area contributed by atoms with Crippen molar-refractivity contribution in [1.29, 1.82) is 0 Å². The summed E-state index contributed by atoms with van der Waals surface area (Å²) in [5.74, 6) is 6.55. The maximum atomic E-state index is 11.0. The van der Waals surface area contributed by atoms with E-state index in [0.717, 1.165) is 32.2 Å². The van der Waals surface area contributed by atoms with Crippen molar-refractivity contribution in [2.75, 3.05) is 48.1 Å². The third kappa shape index (κ3) is 4.95. The molecule has 5 N–H and O–H groups in total. The Hall–Kier alpha value is -1.72.